The molecule has 0 saturated carbocycles. The Labute approximate surface area is 194 Å². The van der Waals surface area contributed by atoms with Crippen molar-refractivity contribution < 1.29 is 19.1 Å². The molecule has 2 atom stereocenters. The molecule has 11 heteroatoms. The number of aromatic nitrogens is 2. The lowest BCUT2D eigenvalue weighted by Gasteiger charge is -2.28. The van der Waals surface area contributed by atoms with Gasteiger partial charge in [0.1, 0.15) is 11.9 Å². The molecule has 0 unspecified atom stereocenters. The Morgan fingerprint density at radius 1 is 1.29 bits per heavy atom. The fourth-order valence-electron chi connectivity index (χ4n) is 4.14. The van der Waals surface area contributed by atoms with E-state index in [0.717, 1.165) is 6.42 Å². The number of azide groups is 1. The second-order valence-electron chi connectivity index (χ2n) is 7.84. The molecule has 0 bridgehead atoms. The Morgan fingerprint density at radius 3 is 2.82 bits per heavy atom. The standard InChI is InChI=1S/C23H23N7O4/c1-34-23(33)28-20(14-6-3-2-4-7-14)22(32)30-11-5-8-18(30)21-26-16-10-9-15(12-17(16)27-21)19(31)13-25-29-24/h2-4,6-7,9-10,12,18,20H,5,8,11,13H2,1H3,(H,26,27)(H,28,33)/t18-,20+/m0/s1. The van der Waals surface area contributed by atoms with Crippen LogP contribution in [0, 0.1) is 0 Å². The van der Waals surface area contributed by atoms with E-state index in [-0.39, 0.29) is 24.3 Å². The smallest absolute Gasteiger partial charge is 0.407 e. The normalized spacial score (nSPS) is 16.0. The number of amides is 2. The van der Waals surface area contributed by atoms with E-state index in [4.69, 9.17) is 10.3 Å². The number of aromatic amines is 1. The van der Waals surface area contributed by atoms with Crippen molar-refractivity contribution in [2.45, 2.75) is 24.9 Å². The molecule has 2 N–H and O–H groups in total. The summed E-state index contributed by atoms with van der Waals surface area (Å²) in [5, 5.41) is 5.96. The van der Waals surface area contributed by atoms with Gasteiger partial charge in [0.25, 0.3) is 5.91 Å². The monoisotopic (exact) mass is 461 g/mol. The molecule has 3 aromatic rings. The van der Waals surface area contributed by atoms with Crippen molar-refractivity contribution in [3.05, 3.63) is 75.9 Å². The number of rotatable bonds is 7. The van der Waals surface area contributed by atoms with Crippen LogP contribution in [0.3, 0.4) is 0 Å². The van der Waals surface area contributed by atoms with Gasteiger partial charge in [-0.2, -0.15) is 0 Å². The summed E-state index contributed by atoms with van der Waals surface area (Å²) in [6.07, 6.45) is 0.788. The van der Waals surface area contributed by atoms with Crippen LogP contribution in [0.4, 0.5) is 4.79 Å². The fourth-order valence-corrected chi connectivity index (χ4v) is 4.14. The number of ether oxygens (including phenoxy) is 1. The molecule has 11 nitrogen and oxygen atoms in total. The van der Waals surface area contributed by atoms with Gasteiger partial charge in [-0.1, -0.05) is 35.4 Å². The van der Waals surface area contributed by atoms with E-state index in [1.807, 2.05) is 6.07 Å². The number of carbonyl (C=O) groups is 3. The van der Waals surface area contributed by atoms with E-state index in [1.54, 1.807) is 47.4 Å². The van der Waals surface area contributed by atoms with Gasteiger partial charge in [0.15, 0.2) is 5.78 Å². The van der Waals surface area contributed by atoms with Gasteiger partial charge in [0.05, 0.1) is 30.7 Å². The molecule has 1 aliphatic heterocycles. The number of Topliss-reactive ketones (excluding diaryl/α,β-unsaturated/α-hetero) is 1. The highest BCUT2D eigenvalue weighted by Gasteiger charge is 2.37. The van der Waals surface area contributed by atoms with E-state index < -0.39 is 12.1 Å². The van der Waals surface area contributed by atoms with E-state index in [9.17, 15) is 14.4 Å². The van der Waals surface area contributed by atoms with Crippen LogP contribution in [-0.4, -0.2) is 52.9 Å². The predicted octanol–water partition coefficient (Wildman–Crippen LogP) is 3.82. The first kappa shape index (κ1) is 22.8. The Hall–Kier alpha value is -4.37. The summed E-state index contributed by atoms with van der Waals surface area (Å²) in [5.74, 6) is 0.0447. The highest BCUT2D eigenvalue weighted by atomic mass is 16.5. The average Bonchev–Trinajstić information content (AvgIpc) is 3.52. The Balaban J connectivity index is 1.61. The maximum absolute atomic E-state index is 13.6. The van der Waals surface area contributed by atoms with Gasteiger partial charge in [0.2, 0.25) is 0 Å². The zero-order chi connectivity index (χ0) is 24.1. The third-order valence-electron chi connectivity index (χ3n) is 5.78. The van der Waals surface area contributed by atoms with Crippen molar-refractivity contribution >= 4 is 28.8 Å². The van der Waals surface area contributed by atoms with Crippen LogP contribution >= 0.6 is 0 Å². The number of nitrogens with zero attached hydrogens (tertiary/aromatic N) is 5. The zero-order valence-corrected chi connectivity index (χ0v) is 18.5. The predicted molar refractivity (Wildman–Crippen MR) is 123 cm³/mol. The molecule has 2 amide bonds. The Kier molecular flexibility index (Phi) is 6.74. The minimum atomic E-state index is -0.899. The second-order valence-corrected chi connectivity index (χ2v) is 7.84. The lowest BCUT2D eigenvalue weighted by molar-refractivity contribution is -0.134. The number of nitrogens with one attached hydrogen (secondary N) is 2. The maximum atomic E-state index is 13.6. The van der Waals surface area contributed by atoms with Crippen LogP contribution in [0.15, 0.2) is 53.6 Å². The van der Waals surface area contributed by atoms with Gasteiger partial charge < -0.3 is 19.9 Å². The number of alkyl carbamates (subject to hydrolysis) is 1. The van der Waals surface area contributed by atoms with Crippen molar-refractivity contribution in [2.24, 2.45) is 5.11 Å². The highest BCUT2D eigenvalue weighted by molar-refractivity contribution is 6.00. The number of carbonyl (C=O) groups excluding carboxylic acids is 3. The fraction of sp³-hybridized carbons (Fsp3) is 0.304. The highest BCUT2D eigenvalue weighted by Crippen LogP contribution is 2.34. The molecule has 1 aliphatic rings. The molecule has 0 radical (unpaired) electrons. The summed E-state index contributed by atoms with van der Waals surface area (Å²) in [4.78, 5) is 49.9. The number of hydrogen-bond donors (Lipinski definition) is 2. The summed E-state index contributed by atoms with van der Waals surface area (Å²) in [5.41, 5.74) is 10.8. The molecule has 2 aromatic carbocycles. The van der Waals surface area contributed by atoms with Crippen LogP contribution in [0.5, 0.6) is 0 Å². The molecular weight excluding hydrogens is 438 g/mol. The van der Waals surface area contributed by atoms with Crippen molar-refractivity contribution in [1.29, 1.82) is 0 Å². The third kappa shape index (κ3) is 4.69. The van der Waals surface area contributed by atoms with Gasteiger partial charge in [-0.3, -0.25) is 9.59 Å². The molecule has 174 valence electrons. The third-order valence-corrected chi connectivity index (χ3v) is 5.78. The van der Waals surface area contributed by atoms with E-state index in [1.165, 1.54) is 7.11 Å². The number of imidazole rings is 1. The van der Waals surface area contributed by atoms with Crippen molar-refractivity contribution in [3.8, 4) is 0 Å². The van der Waals surface area contributed by atoms with E-state index in [0.29, 0.717) is 41.0 Å². The van der Waals surface area contributed by atoms with Crippen molar-refractivity contribution in [3.63, 3.8) is 0 Å². The molecule has 34 heavy (non-hydrogen) atoms. The Morgan fingerprint density at radius 2 is 2.09 bits per heavy atom. The summed E-state index contributed by atoms with van der Waals surface area (Å²) < 4.78 is 4.73. The van der Waals surface area contributed by atoms with Gasteiger partial charge in [-0.25, -0.2) is 9.78 Å². The second kappa shape index (κ2) is 10.1. The minimum absolute atomic E-state index is 0.259. The van der Waals surface area contributed by atoms with Crippen molar-refractivity contribution in [2.75, 3.05) is 20.2 Å². The lowest BCUT2D eigenvalue weighted by atomic mass is 10.1. The number of hydrogen-bond acceptors (Lipinski definition) is 6. The lowest BCUT2D eigenvalue weighted by Crippen LogP contribution is -2.42. The van der Waals surface area contributed by atoms with Gasteiger partial charge >= 0.3 is 6.09 Å². The number of fused-ring (bicyclic) bond motifs is 1. The number of ketones is 1. The SMILES string of the molecule is COC(=O)N[C@@H](C(=O)N1CCC[C@H]1c1nc2ccc(C(=O)CN=[N+]=[N-])cc2[nH]1)c1ccccc1. The van der Waals surface area contributed by atoms with Crippen LogP contribution in [0.25, 0.3) is 21.5 Å². The number of benzene rings is 2. The minimum Gasteiger partial charge on any atom is -0.453 e. The molecule has 0 aliphatic carbocycles. The molecular formula is C23H23N7O4. The first-order valence-corrected chi connectivity index (χ1v) is 10.8. The summed E-state index contributed by atoms with van der Waals surface area (Å²) >= 11 is 0. The molecule has 0 spiro atoms. The zero-order valence-electron chi connectivity index (χ0n) is 18.5. The first-order chi connectivity index (χ1) is 16.5. The molecule has 4 rings (SSSR count). The van der Waals surface area contributed by atoms with E-state index in [2.05, 4.69) is 25.3 Å². The van der Waals surface area contributed by atoms with Crippen LogP contribution in [0.1, 0.15) is 46.7 Å². The van der Waals surface area contributed by atoms with Crippen LogP contribution in [-0.2, 0) is 9.53 Å². The summed E-state index contributed by atoms with van der Waals surface area (Å²) in [6.45, 7) is 0.255. The molecule has 1 fully saturated rings. The molecule has 2 heterocycles. The largest absolute Gasteiger partial charge is 0.453 e. The van der Waals surface area contributed by atoms with Gasteiger partial charge in [-0.15, -0.1) is 0 Å². The average molecular weight is 461 g/mol. The van der Waals surface area contributed by atoms with Crippen LogP contribution in [0.2, 0.25) is 0 Å². The summed E-state index contributed by atoms with van der Waals surface area (Å²) in [6, 6.07) is 12.8. The first-order valence-electron chi connectivity index (χ1n) is 10.8. The molecule has 1 aromatic heterocycles. The topological polar surface area (TPSA) is 153 Å². The van der Waals surface area contributed by atoms with E-state index >= 15 is 0 Å². The quantitative estimate of drug-likeness (QED) is 0.237. The summed E-state index contributed by atoms with van der Waals surface area (Å²) in [7, 11) is 1.25. The number of H-pyrrole nitrogens is 1. The number of methoxy groups -OCH3 is 1. The maximum Gasteiger partial charge on any atom is 0.407 e. The number of likely N-dealkylation sites (tertiary alicyclic amines) is 1. The van der Waals surface area contributed by atoms with Gasteiger partial charge in [-0.05, 0) is 42.1 Å². The van der Waals surface area contributed by atoms with Crippen molar-refractivity contribution in [1.82, 2.24) is 20.2 Å². The van der Waals surface area contributed by atoms with Crippen LogP contribution < -0.4 is 5.32 Å². The van der Waals surface area contributed by atoms with Gasteiger partial charge in [0, 0.05) is 17.0 Å². The Bertz CT molecular complexity index is 1270. The molecule has 1 saturated heterocycles.